The summed E-state index contributed by atoms with van der Waals surface area (Å²) >= 11 is 0. The summed E-state index contributed by atoms with van der Waals surface area (Å²) in [6, 6.07) is -0.783. The molecule has 0 aliphatic carbocycles. The van der Waals surface area contributed by atoms with Crippen LogP contribution in [-0.2, 0) is 19.2 Å². The highest BCUT2D eigenvalue weighted by atomic mass is 16.4. The third kappa shape index (κ3) is 4.62. The van der Waals surface area contributed by atoms with Gasteiger partial charge in [0.2, 0.25) is 17.7 Å². The molecule has 7 nitrogen and oxygen atoms in total. The van der Waals surface area contributed by atoms with Gasteiger partial charge in [0, 0.05) is 12.8 Å². The molecule has 94 valence electrons. The number of carbonyl (C=O) groups excluding carboxylic acids is 3. The first kappa shape index (κ1) is 13.1. The standard InChI is InChI=1S/C10H14N2O5/c13-7(3-1-2-4-9(15)16)11-6-5-8(14)12-10(6)17/h6H,1-5H2,(H,11,13)(H,15,16)(H,12,14,17). The molecule has 3 amide bonds. The molecule has 1 saturated heterocycles. The molecule has 0 aromatic heterocycles. The van der Waals surface area contributed by atoms with E-state index in [2.05, 4.69) is 10.6 Å². The predicted molar refractivity (Wildman–Crippen MR) is 55.8 cm³/mol. The molecule has 1 aliphatic rings. The molecule has 0 radical (unpaired) electrons. The van der Waals surface area contributed by atoms with Crippen molar-refractivity contribution in [2.24, 2.45) is 0 Å². The summed E-state index contributed by atoms with van der Waals surface area (Å²) in [5.41, 5.74) is 0. The topological polar surface area (TPSA) is 113 Å². The van der Waals surface area contributed by atoms with Crippen LogP contribution in [0.5, 0.6) is 0 Å². The van der Waals surface area contributed by atoms with Crippen LogP contribution in [0.3, 0.4) is 0 Å². The van der Waals surface area contributed by atoms with E-state index < -0.39 is 23.8 Å². The number of carboxylic acids is 1. The molecule has 7 heteroatoms. The number of carboxylic acid groups (broad SMARTS) is 1. The Kier molecular flexibility index (Phi) is 4.62. The average molecular weight is 242 g/mol. The van der Waals surface area contributed by atoms with Crippen molar-refractivity contribution in [3.05, 3.63) is 0 Å². The number of rotatable bonds is 6. The van der Waals surface area contributed by atoms with Gasteiger partial charge in [-0.15, -0.1) is 0 Å². The largest absolute Gasteiger partial charge is 0.481 e. The van der Waals surface area contributed by atoms with Crippen LogP contribution in [0, 0.1) is 0 Å². The molecule has 0 aromatic rings. The summed E-state index contributed by atoms with van der Waals surface area (Å²) in [5, 5.41) is 12.9. The van der Waals surface area contributed by atoms with Crippen molar-refractivity contribution in [1.29, 1.82) is 0 Å². The highest BCUT2D eigenvalue weighted by Gasteiger charge is 2.31. The molecule has 1 unspecified atom stereocenters. The lowest BCUT2D eigenvalue weighted by Crippen LogP contribution is -2.40. The fourth-order valence-electron chi connectivity index (χ4n) is 1.50. The molecule has 0 bridgehead atoms. The van der Waals surface area contributed by atoms with Gasteiger partial charge < -0.3 is 10.4 Å². The van der Waals surface area contributed by atoms with E-state index in [-0.39, 0.29) is 25.2 Å². The molecule has 3 N–H and O–H groups in total. The van der Waals surface area contributed by atoms with Crippen molar-refractivity contribution in [2.45, 2.75) is 38.1 Å². The van der Waals surface area contributed by atoms with Crippen molar-refractivity contribution < 1.29 is 24.3 Å². The predicted octanol–water partition coefficient (Wildman–Crippen LogP) is -0.837. The number of amides is 3. The van der Waals surface area contributed by atoms with Gasteiger partial charge in [-0.25, -0.2) is 0 Å². The van der Waals surface area contributed by atoms with Gasteiger partial charge in [-0.05, 0) is 12.8 Å². The zero-order chi connectivity index (χ0) is 12.8. The van der Waals surface area contributed by atoms with Crippen LogP contribution in [0.15, 0.2) is 0 Å². The lowest BCUT2D eigenvalue weighted by molar-refractivity contribution is -0.137. The maximum atomic E-state index is 11.3. The Morgan fingerprint density at radius 1 is 1.29 bits per heavy atom. The number of imide groups is 1. The van der Waals surface area contributed by atoms with Crippen LogP contribution in [-0.4, -0.2) is 34.8 Å². The van der Waals surface area contributed by atoms with E-state index in [4.69, 9.17) is 5.11 Å². The van der Waals surface area contributed by atoms with Gasteiger partial charge in [-0.2, -0.15) is 0 Å². The summed E-state index contributed by atoms with van der Waals surface area (Å²) in [7, 11) is 0. The van der Waals surface area contributed by atoms with Crippen molar-refractivity contribution >= 4 is 23.7 Å². The minimum Gasteiger partial charge on any atom is -0.481 e. The lowest BCUT2D eigenvalue weighted by atomic mass is 10.1. The molecule has 17 heavy (non-hydrogen) atoms. The second kappa shape index (κ2) is 5.97. The van der Waals surface area contributed by atoms with Crippen LogP contribution in [0.2, 0.25) is 0 Å². The Morgan fingerprint density at radius 3 is 2.47 bits per heavy atom. The quantitative estimate of drug-likeness (QED) is 0.415. The van der Waals surface area contributed by atoms with E-state index in [0.29, 0.717) is 12.8 Å². The molecule has 0 spiro atoms. The van der Waals surface area contributed by atoms with Crippen LogP contribution in [0.4, 0.5) is 0 Å². The Balaban J connectivity index is 2.19. The summed E-state index contributed by atoms with van der Waals surface area (Å²) in [5.74, 6) is -2.13. The SMILES string of the molecule is O=C(O)CCCCC(=O)NC1CC(=O)NC1=O. The van der Waals surface area contributed by atoms with Crippen molar-refractivity contribution in [3.8, 4) is 0 Å². The third-order valence-corrected chi connectivity index (χ3v) is 2.35. The number of carbonyl (C=O) groups is 4. The Morgan fingerprint density at radius 2 is 1.94 bits per heavy atom. The minimum absolute atomic E-state index is 0.0235. The maximum Gasteiger partial charge on any atom is 0.303 e. The second-order valence-corrected chi connectivity index (χ2v) is 3.84. The second-order valence-electron chi connectivity index (χ2n) is 3.84. The molecule has 1 rings (SSSR count). The third-order valence-electron chi connectivity index (χ3n) is 2.35. The highest BCUT2D eigenvalue weighted by molar-refractivity contribution is 6.06. The van der Waals surface area contributed by atoms with Gasteiger partial charge in [0.1, 0.15) is 6.04 Å². The Bertz CT molecular complexity index is 353. The van der Waals surface area contributed by atoms with Gasteiger partial charge in [-0.1, -0.05) is 0 Å². The van der Waals surface area contributed by atoms with E-state index in [9.17, 15) is 19.2 Å². The molecular weight excluding hydrogens is 228 g/mol. The maximum absolute atomic E-state index is 11.3. The van der Waals surface area contributed by atoms with Crippen molar-refractivity contribution in [2.75, 3.05) is 0 Å². The highest BCUT2D eigenvalue weighted by Crippen LogP contribution is 2.04. The summed E-state index contributed by atoms with van der Waals surface area (Å²) in [4.78, 5) is 43.5. The molecule has 1 fully saturated rings. The van der Waals surface area contributed by atoms with E-state index >= 15 is 0 Å². The first-order chi connectivity index (χ1) is 7.99. The summed E-state index contributed by atoms with van der Waals surface area (Å²) < 4.78 is 0. The normalized spacial score (nSPS) is 18.9. The van der Waals surface area contributed by atoms with Crippen LogP contribution in [0.1, 0.15) is 32.1 Å². The Hall–Kier alpha value is -1.92. The van der Waals surface area contributed by atoms with Gasteiger partial charge in [0.25, 0.3) is 0 Å². The molecule has 0 saturated carbocycles. The molecule has 1 heterocycles. The van der Waals surface area contributed by atoms with Crippen LogP contribution < -0.4 is 10.6 Å². The summed E-state index contributed by atoms with van der Waals surface area (Å²) in [6.45, 7) is 0. The van der Waals surface area contributed by atoms with Crippen molar-refractivity contribution in [1.82, 2.24) is 10.6 Å². The fourth-order valence-corrected chi connectivity index (χ4v) is 1.50. The van der Waals surface area contributed by atoms with E-state index in [0.717, 1.165) is 0 Å². The first-order valence-corrected chi connectivity index (χ1v) is 5.34. The molecular formula is C10H14N2O5. The first-order valence-electron chi connectivity index (χ1n) is 5.34. The van der Waals surface area contributed by atoms with Gasteiger partial charge in [0.15, 0.2) is 0 Å². The van der Waals surface area contributed by atoms with Gasteiger partial charge in [-0.3, -0.25) is 24.5 Å². The zero-order valence-electron chi connectivity index (χ0n) is 9.19. The molecule has 1 atom stereocenters. The minimum atomic E-state index is -0.897. The summed E-state index contributed by atoms with van der Waals surface area (Å²) in [6.07, 6.45) is 1.01. The average Bonchev–Trinajstić information content (AvgIpc) is 2.52. The number of hydrogen-bond donors (Lipinski definition) is 3. The zero-order valence-corrected chi connectivity index (χ0v) is 9.19. The van der Waals surface area contributed by atoms with Gasteiger partial charge >= 0.3 is 5.97 Å². The van der Waals surface area contributed by atoms with Crippen molar-refractivity contribution in [3.63, 3.8) is 0 Å². The van der Waals surface area contributed by atoms with E-state index in [1.165, 1.54) is 0 Å². The van der Waals surface area contributed by atoms with Crippen LogP contribution >= 0.6 is 0 Å². The monoisotopic (exact) mass is 242 g/mol. The van der Waals surface area contributed by atoms with Gasteiger partial charge in [0.05, 0.1) is 6.42 Å². The Labute approximate surface area is 97.6 Å². The number of aliphatic carboxylic acids is 1. The number of hydrogen-bond acceptors (Lipinski definition) is 4. The van der Waals surface area contributed by atoms with E-state index in [1.807, 2.05) is 0 Å². The number of nitrogens with one attached hydrogen (secondary N) is 2. The lowest BCUT2D eigenvalue weighted by Gasteiger charge is -2.08. The smallest absolute Gasteiger partial charge is 0.303 e. The van der Waals surface area contributed by atoms with E-state index in [1.54, 1.807) is 0 Å². The fraction of sp³-hybridized carbons (Fsp3) is 0.600. The molecule has 0 aromatic carbocycles. The molecule has 1 aliphatic heterocycles. The van der Waals surface area contributed by atoms with Crippen LogP contribution in [0.25, 0.3) is 0 Å². The number of unbranched alkanes of at least 4 members (excludes halogenated alkanes) is 1.